The van der Waals surface area contributed by atoms with Crippen LogP contribution in [0.3, 0.4) is 0 Å². The number of nitrogens with zero attached hydrogens (tertiary/aromatic N) is 1. The number of thioether (sulfide) groups is 1. The molecule has 0 aromatic heterocycles. The molecule has 0 radical (unpaired) electrons. The van der Waals surface area contributed by atoms with E-state index in [9.17, 15) is 13.2 Å². The highest BCUT2D eigenvalue weighted by atomic mass is 32.2. The van der Waals surface area contributed by atoms with E-state index in [4.69, 9.17) is 0 Å². The van der Waals surface area contributed by atoms with E-state index in [-0.39, 0.29) is 18.4 Å². The minimum atomic E-state index is -3.47. The van der Waals surface area contributed by atoms with Gasteiger partial charge in [-0.15, -0.1) is 11.8 Å². The zero-order valence-electron chi connectivity index (χ0n) is 10.8. The zero-order chi connectivity index (χ0) is 13.8. The number of carbonyl (C=O) groups excluding carboxylic acids is 1. The monoisotopic (exact) mass is 297 g/mol. The van der Waals surface area contributed by atoms with Gasteiger partial charge in [0.25, 0.3) is 15.9 Å². The molecule has 1 aromatic carbocycles. The molecule has 4 nitrogen and oxygen atoms in total. The highest BCUT2D eigenvalue weighted by Gasteiger charge is 2.60. The fourth-order valence-electron chi connectivity index (χ4n) is 2.52. The Kier molecular flexibility index (Phi) is 2.73. The summed E-state index contributed by atoms with van der Waals surface area (Å²) in [6, 6.07) is 7.98. The van der Waals surface area contributed by atoms with Gasteiger partial charge in [-0.25, -0.2) is 12.7 Å². The highest BCUT2D eigenvalue weighted by molar-refractivity contribution is 7.99. The molecule has 0 aliphatic carbocycles. The van der Waals surface area contributed by atoms with Crippen molar-refractivity contribution in [2.75, 3.05) is 12.3 Å². The van der Waals surface area contributed by atoms with Crippen LogP contribution in [-0.4, -0.2) is 35.7 Å². The molecule has 0 spiro atoms. The molecule has 1 atom stereocenters. The molecule has 6 heteroatoms. The van der Waals surface area contributed by atoms with E-state index in [0.717, 1.165) is 15.6 Å². The van der Waals surface area contributed by atoms with Crippen LogP contribution in [0.15, 0.2) is 29.2 Å². The Labute approximate surface area is 117 Å². The molecule has 0 saturated carbocycles. The van der Waals surface area contributed by atoms with Crippen molar-refractivity contribution in [1.29, 1.82) is 0 Å². The third kappa shape index (κ3) is 1.66. The van der Waals surface area contributed by atoms with E-state index < -0.39 is 14.8 Å². The maximum absolute atomic E-state index is 12.1. The Morgan fingerprint density at radius 1 is 1.37 bits per heavy atom. The first kappa shape index (κ1) is 13.0. The first-order chi connectivity index (χ1) is 8.85. The minimum Gasteiger partial charge on any atom is -0.272 e. The van der Waals surface area contributed by atoms with Crippen molar-refractivity contribution >= 4 is 27.7 Å². The third-order valence-corrected chi connectivity index (χ3v) is 7.47. The van der Waals surface area contributed by atoms with Gasteiger partial charge >= 0.3 is 0 Å². The van der Waals surface area contributed by atoms with Gasteiger partial charge in [-0.05, 0) is 25.5 Å². The van der Waals surface area contributed by atoms with Crippen LogP contribution in [0, 0.1) is 0 Å². The molecule has 2 heterocycles. The summed E-state index contributed by atoms with van der Waals surface area (Å²) in [6.45, 7) is 3.21. The molecule has 0 N–H and O–H groups in total. The summed E-state index contributed by atoms with van der Waals surface area (Å²) in [5.74, 6) is 0.650. The van der Waals surface area contributed by atoms with Crippen LogP contribution < -0.4 is 0 Å². The lowest BCUT2D eigenvalue weighted by atomic mass is 10.0. The summed E-state index contributed by atoms with van der Waals surface area (Å²) in [7, 11) is -3.47. The van der Waals surface area contributed by atoms with Crippen molar-refractivity contribution in [3.8, 4) is 0 Å². The van der Waals surface area contributed by atoms with Crippen LogP contribution in [0.4, 0.5) is 0 Å². The van der Waals surface area contributed by atoms with Crippen molar-refractivity contribution in [1.82, 2.24) is 4.31 Å². The molecular weight excluding hydrogens is 282 g/mol. The molecular formula is C13H15NO3S2. The third-order valence-electron chi connectivity index (χ3n) is 3.86. The van der Waals surface area contributed by atoms with Gasteiger partial charge in [0.05, 0.1) is 0 Å². The molecule has 19 heavy (non-hydrogen) atoms. The lowest BCUT2D eigenvalue weighted by Crippen LogP contribution is -2.67. The predicted molar refractivity (Wildman–Crippen MR) is 74.6 cm³/mol. The maximum Gasteiger partial charge on any atom is 0.258 e. The summed E-state index contributed by atoms with van der Waals surface area (Å²) in [5.41, 5.74) is 1.15. The first-order valence-electron chi connectivity index (χ1n) is 6.14. The Bertz CT molecular complexity index is 652. The fourth-order valence-corrected chi connectivity index (χ4v) is 5.33. The van der Waals surface area contributed by atoms with Crippen LogP contribution in [-0.2, 0) is 14.8 Å². The Hall–Kier alpha value is -1.01. The molecule has 1 saturated heterocycles. The first-order valence-corrected chi connectivity index (χ1v) is 8.56. The quantitative estimate of drug-likeness (QED) is 0.835. The van der Waals surface area contributed by atoms with Gasteiger partial charge in [-0.1, -0.05) is 18.2 Å². The van der Waals surface area contributed by atoms with Crippen LogP contribution in [0.25, 0.3) is 0 Å². The SMILES string of the molecule is CC1(C)C(=O)N(CC2CSc3ccccc32)S1(=O)=O. The molecule has 2 aliphatic rings. The van der Waals surface area contributed by atoms with Crippen LogP contribution >= 0.6 is 11.8 Å². The average molecular weight is 297 g/mol. The summed E-state index contributed by atoms with van der Waals surface area (Å²) < 4.78 is 23.9. The molecule has 1 amide bonds. The molecule has 2 aliphatic heterocycles. The van der Waals surface area contributed by atoms with Crippen LogP contribution in [0.2, 0.25) is 0 Å². The Morgan fingerprint density at radius 2 is 2.05 bits per heavy atom. The Morgan fingerprint density at radius 3 is 2.74 bits per heavy atom. The van der Waals surface area contributed by atoms with Crippen molar-refractivity contribution in [2.45, 2.75) is 29.4 Å². The number of amides is 1. The van der Waals surface area contributed by atoms with Gasteiger partial charge in [-0.3, -0.25) is 4.79 Å². The highest BCUT2D eigenvalue weighted by Crippen LogP contribution is 2.43. The summed E-state index contributed by atoms with van der Waals surface area (Å²) in [5, 5.41) is 0. The van der Waals surface area contributed by atoms with E-state index in [0.29, 0.717) is 0 Å². The van der Waals surface area contributed by atoms with Gasteiger partial charge in [0.2, 0.25) is 0 Å². The molecule has 102 valence electrons. The van der Waals surface area contributed by atoms with E-state index in [1.54, 1.807) is 11.8 Å². The van der Waals surface area contributed by atoms with Crippen molar-refractivity contribution in [3.63, 3.8) is 0 Å². The standard InChI is InChI=1S/C13H15NO3S2/c1-13(2)12(15)14(19(13,16)17)7-9-8-18-11-6-4-3-5-10(9)11/h3-6,9H,7-8H2,1-2H3. The van der Waals surface area contributed by atoms with Gasteiger partial charge in [0.1, 0.15) is 0 Å². The van der Waals surface area contributed by atoms with E-state index in [1.165, 1.54) is 18.7 Å². The topological polar surface area (TPSA) is 54.5 Å². The average Bonchev–Trinajstić information content (AvgIpc) is 2.78. The maximum atomic E-state index is 12.1. The van der Waals surface area contributed by atoms with Gasteiger partial charge < -0.3 is 0 Å². The van der Waals surface area contributed by atoms with Crippen LogP contribution in [0.5, 0.6) is 0 Å². The minimum absolute atomic E-state index is 0.107. The van der Waals surface area contributed by atoms with E-state index in [2.05, 4.69) is 0 Å². The number of hydrogen-bond acceptors (Lipinski definition) is 4. The number of rotatable bonds is 2. The zero-order valence-corrected chi connectivity index (χ0v) is 12.4. The number of hydrogen-bond donors (Lipinski definition) is 0. The molecule has 0 bridgehead atoms. The number of fused-ring (bicyclic) bond motifs is 1. The number of benzene rings is 1. The van der Waals surface area contributed by atoms with Crippen molar-refractivity contribution < 1.29 is 13.2 Å². The Balaban J connectivity index is 1.84. The molecule has 3 rings (SSSR count). The van der Waals surface area contributed by atoms with Gasteiger partial charge in [0, 0.05) is 23.1 Å². The number of carbonyl (C=O) groups is 1. The van der Waals surface area contributed by atoms with Crippen molar-refractivity contribution in [3.05, 3.63) is 29.8 Å². The second-order valence-electron chi connectivity index (χ2n) is 5.40. The molecule has 1 aromatic rings. The lowest BCUT2D eigenvalue weighted by Gasteiger charge is -2.44. The van der Waals surface area contributed by atoms with Crippen molar-refractivity contribution in [2.24, 2.45) is 0 Å². The summed E-state index contributed by atoms with van der Waals surface area (Å²) in [4.78, 5) is 13.1. The van der Waals surface area contributed by atoms with E-state index >= 15 is 0 Å². The number of sulfonamides is 1. The summed E-state index contributed by atoms with van der Waals surface area (Å²) >= 11 is 1.72. The van der Waals surface area contributed by atoms with Gasteiger partial charge in [-0.2, -0.15) is 0 Å². The largest absolute Gasteiger partial charge is 0.272 e. The molecule has 1 unspecified atom stereocenters. The second-order valence-corrected chi connectivity index (χ2v) is 8.87. The second kappa shape index (κ2) is 3.99. The van der Waals surface area contributed by atoms with Crippen LogP contribution in [0.1, 0.15) is 25.3 Å². The summed E-state index contributed by atoms with van der Waals surface area (Å²) in [6.07, 6.45) is 0. The van der Waals surface area contributed by atoms with E-state index in [1.807, 2.05) is 24.3 Å². The van der Waals surface area contributed by atoms with Gasteiger partial charge in [0.15, 0.2) is 4.75 Å². The molecule has 1 fully saturated rings. The predicted octanol–water partition coefficient (Wildman–Crippen LogP) is 1.83. The normalized spacial score (nSPS) is 26.9. The smallest absolute Gasteiger partial charge is 0.258 e. The lowest BCUT2D eigenvalue weighted by molar-refractivity contribution is -0.132. The fraction of sp³-hybridized carbons (Fsp3) is 0.462.